The number of hydrogen-bond donors (Lipinski definition) is 1. The zero-order valence-electron chi connectivity index (χ0n) is 14.8. The van der Waals surface area contributed by atoms with Crippen LogP contribution in [0.15, 0.2) is 60.2 Å². The van der Waals surface area contributed by atoms with Gasteiger partial charge in [0.2, 0.25) is 0 Å². The number of fused-ring (bicyclic) bond motifs is 1. The normalized spacial score (nSPS) is 10.9. The molecular formula is C20H18N4O2S. The Morgan fingerprint density at radius 2 is 2.07 bits per heavy atom. The van der Waals surface area contributed by atoms with Gasteiger partial charge in [-0.3, -0.25) is 9.48 Å². The highest BCUT2D eigenvalue weighted by molar-refractivity contribution is 7.13. The van der Waals surface area contributed by atoms with Gasteiger partial charge in [-0.05, 0) is 22.9 Å². The Labute approximate surface area is 160 Å². The lowest BCUT2D eigenvalue weighted by molar-refractivity contribution is 0.0943. The van der Waals surface area contributed by atoms with Crippen molar-refractivity contribution in [2.24, 2.45) is 7.05 Å². The number of ether oxygens (including phenoxy) is 1. The van der Waals surface area contributed by atoms with Crippen molar-refractivity contribution in [1.82, 2.24) is 20.1 Å². The van der Waals surface area contributed by atoms with E-state index in [0.29, 0.717) is 18.8 Å². The summed E-state index contributed by atoms with van der Waals surface area (Å²) in [6.07, 6.45) is 3.61. The second-order valence-corrected chi connectivity index (χ2v) is 6.91. The molecule has 0 aliphatic rings. The SMILES string of the molecule is Cn1cc(-c2nc(C(=O)NCCOc3ccc4ccccc4c3)cs2)cn1. The van der Waals surface area contributed by atoms with Crippen LogP contribution in [0, 0.1) is 0 Å². The first-order valence-electron chi connectivity index (χ1n) is 8.53. The first-order chi connectivity index (χ1) is 13.2. The quantitative estimate of drug-likeness (QED) is 0.521. The predicted molar refractivity (Wildman–Crippen MR) is 106 cm³/mol. The van der Waals surface area contributed by atoms with Crippen LogP contribution in [-0.2, 0) is 7.05 Å². The van der Waals surface area contributed by atoms with Gasteiger partial charge in [-0.25, -0.2) is 4.98 Å². The van der Waals surface area contributed by atoms with E-state index in [0.717, 1.165) is 21.7 Å². The Bertz CT molecular complexity index is 1090. The van der Waals surface area contributed by atoms with Crippen molar-refractivity contribution in [2.45, 2.75) is 0 Å². The number of nitrogens with one attached hydrogen (secondary N) is 1. The highest BCUT2D eigenvalue weighted by Crippen LogP contribution is 2.23. The highest BCUT2D eigenvalue weighted by atomic mass is 32.1. The second-order valence-electron chi connectivity index (χ2n) is 6.05. The summed E-state index contributed by atoms with van der Waals surface area (Å²) in [5, 5.41) is 11.8. The lowest BCUT2D eigenvalue weighted by atomic mass is 10.1. The molecule has 0 bridgehead atoms. The van der Waals surface area contributed by atoms with Gasteiger partial charge in [0, 0.05) is 24.2 Å². The number of nitrogens with zero attached hydrogens (tertiary/aromatic N) is 3. The molecule has 7 heteroatoms. The van der Waals surface area contributed by atoms with E-state index in [2.05, 4.69) is 21.5 Å². The summed E-state index contributed by atoms with van der Waals surface area (Å²) in [6, 6.07) is 14.1. The fraction of sp³-hybridized carbons (Fsp3) is 0.150. The third-order valence-corrected chi connectivity index (χ3v) is 4.96. The predicted octanol–water partition coefficient (Wildman–Crippen LogP) is 3.51. The van der Waals surface area contributed by atoms with E-state index in [1.54, 1.807) is 16.3 Å². The Kier molecular flexibility index (Phi) is 4.84. The van der Waals surface area contributed by atoms with Crippen LogP contribution in [0.5, 0.6) is 5.75 Å². The monoisotopic (exact) mass is 378 g/mol. The van der Waals surface area contributed by atoms with Crippen LogP contribution in [0.25, 0.3) is 21.3 Å². The van der Waals surface area contributed by atoms with Gasteiger partial charge < -0.3 is 10.1 Å². The first kappa shape index (κ1) is 17.2. The van der Waals surface area contributed by atoms with Gasteiger partial charge in [0.05, 0.1) is 12.7 Å². The third kappa shape index (κ3) is 3.98. The number of aryl methyl sites for hydroxylation is 1. The van der Waals surface area contributed by atoms with Gasteiger partial charge in [0.25, 0.3) is 5.91 Å². The van der Waals surface area contributed by atoms with Crippen molar-refractivity contribution in [3.8, 4) is 16.3 Å². The van der Waals surface area contributed by atoms with Crippen LogP contribution in [0.3, 0.4) is 0 Å². The minimum absolute atomic E-state index is 0.205. The molecule has 1 amide bonds. The van der Waals surface area contributed by atoms with Crippen LogP contribution in [0.1, 0.15) is 10.5 Å². The molecule has 2 aromatic carbocycles. The summed E-state index contributed by atoms with van der Waals surface area (Å²) < 4.78 is 7.44. The zero-order chi connectivity index (χ0) is 18.6. The number of amides is 1. The van der Waals surface area contributed by atoms with E-state index >= 15 is 0 Å². The first-order valence-corrected chi connectivity index (χ1v) is 9.41. The van der Waals surface area contributed by atoms with Crippen LogP contribution in [0.2, 0.25) is 0 Å². The average molecular weight is 378 g/mol. The number of hydrogen-bond acceptors (Lipinski definition) is 5. The molecule has 0 saturated heterocycles. The van der Waals surface area contributed by atoms with E-state index < -0.39 is 0 Å². The summed E-state index contributed by atoms with van der Waals surface area (Å²) in [4.78, 5) is 16.6. The summed E-state index contributed by atoms with van der Waals surface area (Å²) in [7, 11) is 1.85. The Hall–Kier alpha value is -3.19. The van der Waals surface area contributed by atoms with Crippen LogP contribution in [-0.4, -0.2) is 33.8 Å². The number of thiazole rings is 1. The molecule has 136 valence electrons. The zero-order valence-corrected chi connectivity index (χ0v) is 15.6. The maximum absolute atomic E-state index is 12.2. The lowest BCUT2D eigenvalue weighted by Crippen LogP contribution is -2.28. The van der Waals surface area contributed by atoms with Crippen molar-refractivity contribution in [2.75, 3.05) is 13.2 Å². The highest BCUT2D eigenvalue weighted by Gasteiger charge is 2.12. The minimum Gasteiger partial charge on any atom is -0.492 e. The van der Waals surface area contributed by atoms with Crippen molar-refractivity contribution >= 4 is 28.0 Å². The third-order valence-electron chi connectivity index (χ3n) is 4.07. The number of benzene rings is 2. The topological polar surface area (TPSA) is 69.0 Å². The van der Waals surface area contributed by atoms with E-state index in [9.17, 15) is 4.79 Å². The van der Waals surface area contributed by atoms with Crippen molar-refractivity contribution < 1.29 is 9.53 Å². The summed E-state index contributed by atoms with van der Waals surface area (Å²) in [6.45, 7) is 0.801. The van der Waals surface area contributed by atoms with Gasteiger partial charge in [-0.15, -0.1) is 11.3 Å². The minimum atomic E-state index is -0.205. The molecule has 0 atom stereocenters. The summed E-state index contributed by atoms with van der Waals surface area (Å²) in [5.74, 6) is 0.582. The molecule has 1 N–H and O–H groups in total. The summed E-state index contributed by atoms with van der Waals surface area (Å²) >= 11 is 1.42. The molecule has 2 aromatic heterocycles. The molecule has 0 spiro atoms. The van der Waals surface area contributed by atoms with Gasteiger partial charge in [-0.2, -0.15) is 5.10 Å². The number of rotatable bonds is 6. The Morgan fingerprint density at radius 3 is 2.89 bits per heavy atom. The molecule has 0 fully saturated rings. The fourth-order valence-corrected chi connectivity index (χ4v) is 3.50. The van der Waals surface area contributed by atoms with Crippen LogP contribution >= 0.6 is 11.3 Å². The lowest BCUT2D eigenvalue weighted by Gasteiger charge is -2.08. The molecule has 0 aliphatic carbocycles. The van der Waals surface area contributed by atoms with Crippen LogP contribution < -0.4 is 10.1 Å². The summed E-state index contributed by atoms with van der Waals surface area (Å²) in [5.41, 5.74) is 1.31. The Balaban J connectivity index is 1.29. The van der Waals surface area contributed by atoms with E-state index in [1.807, 2.05) is 49.6 Å². The second kappa shape index (κ2) is 7.59. The molecule has 6 nitrogen and oxygen atoms in total. The van der Waals surface area contributed by atoms with Crippen LogP contribution in [0.4, 0.5) is 0 Å². The Morgan fingerprint density at radius 1 is 1.22 bits per heavy atom. The maximum Gasteiger partial charge on any atom is 0.270 e. The molecule has 4 rings (SSSR count). The van der Waals surface area contributed by atoms with Gasteiger partial charge in [0.15, 0.2) is 0 Å². The van der Waals surface area contributed by atoms with Gasteiger partial charge in [0.1, 0.15) is 23.1 Å². The van der Waals surface area contributed by atoms with E-state index in [-0.39, 0.29) is 5.91 Å². The van der Waals surface area contributed by atoms with E-state index in [4.69, 9.17) is 4.74 Å². The average Bonchev–Trinajstić information content (AvgIpc) is 3.34. The molecule has 0 radical (unpaired) electrons. The van der Waals surface area contributed by atoms with Gasteiger partial charge in [-0.1, -0.05) is 30.3 Å². The molecular weight excluding hydrogens is 360 g/mol. The largest absolute Gasteiger partial charge is 0.492 e. The van der Waals surface area contributed by atoms with Crippen molar-refractivity contribution in [3.63, 3.8) is 0 Å². The number of aromatic nitrogens is 3. The van der Waals surface area contributed by atoms with Crippen molar-refractivity contribution in [1.29, 1.82) is 0 Å². The molecule has 0 saturated carbocycles. The molecule has 27 heavy (non-hydrogen) atoms. The smallest absolute Gasteiger partial charge is 0.270 e. The number of carbonyl (C=O) groups is 1. The maximum atomic E-state index is 12.2. The van der Waals surface area contributed by atoms with E-state index in [1.165, 1.54) is 16.7 Å². The molecule has 4 aromatic rings. The fourth-order valence-electron chi connectivity index (χ4n) is 2.72. The molecule has 0 unspecified atom stereocenters. The molecule has 0 aliphatic heterocycles. The van der Waals surface area contributed by atoms with Gasteiger partial charge >= 0.3 is 0 Å². The standard InChI is InChI=1S/C20H18N4O2S/c1-24-12-16(11-22-24)20-23-18(13-27-20)19(25)21-8-9-26-17-7-6-14-4-2-3-5-15(14)10-17/h2-7,10-13H,8-9H2,1H3,(H,21,25). The molecule has 2 heterocycles. The number of carbonyl (C=O) groups excluding carboxylic acids is 1. The van der Waals surface area contributed by atoms with Crippen molar-refractivity contribution in [3.05, 3.63) is 65.9 Å².